The van der Waals surface area contributed by atoms with Crippen molar-refractivity contribution in [1.29, 1.82) is 5.41 Å². The molecule has 2 aliphatic heterocycles. The number of hydrogen-bond donors (Lipinski definition) is 9. The minimum absolute atomic E-state index is 0.0262. The first-order chi connectivity index (χ1) is 29.9. The largest absolute Gasteiger partial charge is 0.370 e. The number of carbonyl (C=O) groups is 6. The molecule has 5 heterocycles. The lowest BCUT2D eigenvalue weighted by molar-refractivity contribution is -0.135. The summed E-state index contributed by atoms with van der Waals surface area (Å²) in [6, 6.07) is 7.09. The number of nitrogens with zero attached hydrogens (tertiary/aromatic N) is 3. The molecule has 19 heteroatoms. The second kappa shape index (κ2) is 20.0. The topological polar surface area (TPSA) is 283 Å². The molecule has 1 aliphatic carbocycles. The number of thiazole rings is 1. The van der Waals surface area contributed by atoms with Crippen LogP contribution < -0.4 is 38.1 Å². The van der Waals surface area contributed by atoms with Crippen LogP contribution in [0, 0.1) is 11.3 Å². The van der Waals surface area contributed by atoms with Crippen LogP contribution in [0.25, 0.3) is 21.6 Å². The Morgan fingerprint density at radius 1 is 0.823 bits per heavy atom. The van der Waals surface area contributed by atoms with Gasteiger partial charge >= 0.3 is 0 Å². The Morgan fingerprint density at radius 3 is 2.35 bits per heavy atom. The third kappa shape index (κ3) is 10.7. The molecule has 1 saturated heterocycles. The van der Waals surface area contributed by atoms with Crippen molar-refractivity contribution in [2.45, 2.75) is 107 Å². The van der Waals surface area contributed by atoms with E-state index in [-0.39, 0.29) is 49.8 Å². The lowest BCUT2D eigenvalue weighted by atomic mass is 9.84. The lowest BCUT2D eigenvalue weighted by Gasteiger charge is -2.30. The van der Waals surface area contributed by atoms with Crippen molar-refractivity contribution >= 4 is 63.6 Å². The first-order valence-corrected chi connectivity index (χ1v) is 22.2. The van der Waals surface area contributed by atoms with Gasteiger partial charge in [0.15, 0.2) is 5.96 Å². The van der Waals surface area contributed by atoms with Crippen molar-refractivity contribution < 1.29 is 28.8 Å². The van der Waals surface area contributed by atoms with Crippen LogP contribution >= 0.6 is 11.3 Å². The molecule has 18 nitrogen and oxygen atoms in total. The number of rotatable bonds is 9. The highest BCUT2D eigenvalue weighted by Crippen LogP contribution is 2.29. The minimum atomic E-state index is -1.23. The van der Waals surface area contributed by atoms with Crippen molar-refractivity contribution in [3.05, 3.63) is 71.0 Å². The molecule has 7 rings (SSSR count). The van der Waals surface area contributed by atoms with Gasteiger partial charge in [0.25, 0.3) is 5.91 Å². The summed E-state index contributed by atoms with van der Waals surface area (Å²) in [5.41, 5.74) is 13.9. The van der Waals surface area contributed by atoms with Crippen LogP contribution in [0.5, 0.6) is 0 Å². The number of fused-ring (bicyclic) bond motifs is 7. The molecule has 0 radical (unpaired) electrons. The number of para-hydroxylation sites is 1. The molecule has 0 spiro atoms. The van der Waals surface area contributed by atoms with Crippen molar-refractivity contribution in [2.75, 3.05) is 13.1 Å². The second-order valence-corrected chi connectivity index (χ2v) is 17.2. The first kappa shape index (κ1) is 43.7. The number of guanidine groups is 1. The SMILES string of the molecule is N=C(N)NCCC[C@@H]1NC(=O)[C@H](Cc2c[nH]c3ccccc23)NC(=O)[C@@H](CC2CCCCC2)NC(=O)[C@@H]2CCCN2C(=O)c2csc(n2)-c2cccc(n2)C[C@@H](C(N)=O)NC1=O. The van der Waals surface area contributed by atoms with Crippen LogP contribution in [0.1, 0.15) is 86.0 Å². The molecule has 2 fully saturated rings. The Labute approximate surface area is 362 Å². The number of carbonyl (C=O) groups excluding carboxylic acids is 6. The summed E-state index contributed by atoms with van der Waals surface area (Å²) in [6.45, 7) is 0.543. The van der Waals surface area contributed by atoms with Gasteiger partial charge in [-0.05, 0) is 61.8 Å². The number of aromatic nitrogens is 3. The number of nitrogens with one attached hydrogen (secondary N) is 7. The highest BCUT2D eigenvalue weighted by atomic mass is 32.1. The number of primary amides is 1. The molecule has 11 N–H and O–H groups in total. The maximum absolute atomic E-state index is 14.6. The van der Waals surface area contributed by atoms with Gasteiger partial charge in [-0.3, -0.25) is 39.2 Å². The Kier molecular flexibility index (Phi) is 14.1. The molecule has 3 aromatic heterocycles. The van der Waals surface area contributed by atoms with Crippen molar-refractivity contribution in [2.24, 2.45) is 17.4 Å². The molecule has 5 atom stereocenters. The van der Waals surface area contributed by atoms with Gasteiger partial charge in [0.2, 0.25) is 29.5 Å². The average Bonchev–Trinajstić information content (AvgIpc) is 4.05. The molecule has 328 valence electrons. The molecular formula is C43H54N12O6S. The summed E-state index contributed by atoms with van der Waals surface area (Å²) >= 11 is 1.20. The normalized spacial score (nSPS) is 23.3. The molecule has 0 unspecified atom stereocenters. The molecule has 62 heavy (non-hydrogen) atoms. The number of nitrogens with two attached hydrogens (primary N) is 2. The van der Waals surface area contributed by atoms with Gasteiger partial charge in [0, 0.05) is 54.1 Å². The van der Waals surface area contributed by atoms with E-state index in [0.717, 1.165) is 48.6 Å². The molecule has 3 aliphatic rings. The standard InChI is InChI=1S/C43H54N12O6S/c44-36(56)31-21-26-11-6-14-30(49-26)41-54-34(23-62-41)42(61)55-18-8-16-35(55)40(60)53-32(19-24-9-2-1-3-10-24)38(58)52-33(20-25-22-48-28-13-5-4-12-27(25)28)39(59)50-29(37(57)51-31)15-7-17-47-43(45)46/h4-6,11-14,22-24,29,31-33,35,48H,1-3,7-10,15-21H2,(H2,44,56)(H,50,59)(H,51,57)(H,52,58)(H,53,60)(H4,45,46,47)/t29-,31-,32+,33-,35-/m0/s1. The number of benzene rings is 1. The Balaban J connectivity index is 1.26. The fourth-order valence-corrected chi connectivity index (χ4v) is 9.43. The van der Waals surface area contributed by atoms with E-state index in [1.807, 2.05) is 24.3 Å². The van der Waals surface area contributed by atoms with Crippen molar-refractivity contribution in [1.82, 2.24) is 46.4 Å². The van der Waals surface area contributed by atoms with E-state index >= 15 is 0 Å². The zero-order valence-electron chi connectivity index (χ0n) is 34.4. The summed E-state index contributed by atoms with van der Waals surface area (Å²) in [5.74, 6) is -3.77. The zero-order valence-corrected chi connectivity index (χ0v) is 35.2. The van der Waals surface area contributed by atoms with Crippen molar-refractivity contribution in [3.8, 4) is 10.7 Å². The molecule has 6 amide bonds. The summed E-state index contributed by atoms with van der Waals surface area (Å²) < 4.78 is 0. The van der Waals surface area contributed by atoms with Gasteiger partial charge < -0.3 is 47.9 Å². The number of hydrogen-bond acceptors (Lipinski definition) is 10. The third-order valence-electron chi connectivity index (χ3n) is 11.9. The van der Waals surface area contributed by atoms with E-state index < -0.39 is 65.7 Å². The van der Waals surface area contributed by atoms with Crippen LogP contribution in [0.15, 0.2) is 54.0 Å². The third-order valence-corrected chi connectivity index (χ3v) is 12.8. The molecular weight excluding hydrogens is 813 g/mol. The zero-order chi connectivity index (χ0) is 43.8. The smallest absolute Gasteiger partial charge is 0.274 e. The fraction of sp³-hybridized carbons (Fsp3) is 0.465. The van der Waals surface area contributed by atoms with Crippen LogP contribution in [0.4, 0.5) is 0 Å². The predicted octanol–water partition coefficient (Wildman–Crippen LogP) is 1.75. The Morgan fingerprint density at radius 2 is 1.56 bits per heavy atom. The van der Waals surface area contributed by atoms with Crippen LogP contribution in [0.2, 0.25) is 0 Å². The van der Waals surface area contributed by atoms with Gasteiger partial charge in [0.05, 0.1) is 5.69 Å². The number of amides is 6. The Bertz CT molecular complexity index is 2310. The van der Waals surface area contributed by atoms with Gasteiger partial charge in [-0.1, -0.05) is 56.4 Å². The number of H-pyrrole nitrogens is 1. The molecule has 4 bridgehead atoms. The van der Waals surface area contributed by atoms with Crippen molar-refractivity contribution in [3.63, 3.8) is 0 Å². The van der Waals surface area contributed by atoms with Gasteiger partial charge in [-0.15, -0.1) is 11.3 Å². The van der Waals surface area contributed by atoms with Crippen LogP contribution in [-0.2, 0) is 36.8 Å². The maximum Gasteiger partial charge on any atom is 0.274 e. The van der Waals surface area contributed by atoms with Gasteiger partial charge in [-0.2, -0.15) is 0 Å². The molecule has 1 aromatic carbocycles. The molecule has 4 aromatic rings. The maximum atomic E-state index is 14.6. The van der Waals surface area contributed by atoms with E-state index in [4.69, 9.17) is 16.9 Å². The predicted molar refractivity (Wildman–Crippen MR) is 232 cm³/mol. The fourth-order valence-electron chi connectivity index (χ4n) is 8.66. The van der Waals surface area contributed by atoms with E-state index in [1.165, 1.54) is 16.2 Å². The summed E-state index contributed by atoms with van der Waals surface area (Å²) in [6.07, 6.45) is 8.23. The van der Waals surface area contributed by atoms with Gasteiger partial charge in [-0.25, -0.2) is 4.98 Å². The first-order valence-electron chi connectivity index (χ1n) is 21.3. The van der Waals surface area contributed by atoms with Crippen LogP contribution in [-0.4, -0.2) is 105 Å². The van der Waals surface area contributed by atoms with Gasteiger partial charge in [0.1, 0.15) is 40.9 Å². The van der Waals surface area contributed by atoms with Crippen LogP contribution in [0.3, 0.4) is 0 Å². The Hall–Kier alpha value is -6.37. The second-order valence-electron chi connectivity index (χ2n) is 16.3. The van der Waals surface area contributed by atoms with E-state index in [2.05, 4.69) is 41.5 Å². The highest BCUT2D eigenvalue weighted by Gasteiger charge is 2.39. The summed E-state index contributed by atoms with van der Waals surface area (Å²) in [4.78, 5) is 98.4. The number of pyridine rings is 1. The number of aromatic amines is 1. The van der Waals surface area contributed by atoms with E-state index in [9.17, 15) is 28.8 Å². The van der Waals surface area contributed by atoms with E-state index in [1.54, 1.807) is 29.8 Å². The summed E-state index contributed by atoms with van der Waals surface area (Å²) in [5, 5.41) is 24.6. The van der Waals surface area contributed by atoms with E-state index in [0.29, 0.717) is 42.2 Å². The minimum Gasteiger partial charge on any atom is -0.370 e. The quantitative estimate of drug-likeness (QED) is 0.0668. The highest BCUT2D eigenvalue weighted by molar-refractivity contribution is 7.13. The molecule has 1 saturated carbocycles. The summed E-state index contributed by atoms with van der Waals surface area (Å²) in [7, 11) is 0. The lowest BCUT2D eigenvalue weighted by Crippen LogP contribution is -2.59. The average molecular weight is 867 g/mol. The monoisotopic (exact) mass is 866 g/mol.